The molecular formula is C15H22N2S. The summed E-state index contributed by atoms with van der Waals surface area (Å²) >= 11 is 2.00. The molecule has 0 saturated heterocycles. The zero-order chi connectivity index (χ0) is 12.4. The molecule has 0 amide bonds. The van der Waals surface area contributed by atoms with Crippen LogP contribution in [0.3, 0.4) is 0 Å². The minimum absolute atomic E-state index is 0.470. The molecule has 0 spiro atoms. The van der Waals surface area contributed by atoms with Crippen LogP contribution in [-0.2, 0) is 13.0 Å². The van der Waals surface area contributed by atoms with Gasteiger partial charge in [-0.1, -0.05) is 12.1 Å². The van der Waals surface area contributed by atoms with Gasteiger partial charge in [-0.25, -0.2) is 0 Å². The van der Waals surface area contributed by atoms with Gasteiger partial charge in [0.1, 0.15) is 0 Å². The van der Waals surface area contributed by atoms with E-state index in [1.54, 1.807) is 5.56 Å². The normalized spacial score (nSPS) is 26.5. The molecule has 1 aliphatic carbocycles. The van der Waals surface area contributed by atoms with Gasteiger partial charge in [0.2, 0.25) is 0 Å². The van der Waals surface area contributed by atoms with Crippen LogP contribution in [-0.4, -0.2) is 18.3 Å². The molecule has 1 aromatic carbocycles. The van der Waals surface area contributed by atoms with Crippen molar-refractivity contribution in [3.05, 3.63) is 29.3 Å². The number of rotatable bonds is 4. The zero-order valence-corrected chi connectivity index (χ0v) is 11.6. The molecule has 2 nitrogen and oxygen atoms in total. The smallest absolute Gasteiger partial charge is 0.0205 e. The lowest BCUT2D eigenvalue weighted by molar-refractivity contribution is 0.256. The SMILES string of the molecule is NC1CC(CNCc2ccc3c(c2)CCCS3)C1. The zero-order valence-electron chi connectivity index (χ0n) is 10.8. The molecule has 0 aromatic heterocycles. The van der Waals surface area contributed by atoms with Gasteiger partial charge in [0.25, 0.3) is 0 Å². The summed E-state index contributed by atoms with van der Waals surface area (Å²) in [6.45, 7) is 2.13. The van der Waals surface area contributed by atoms with E-state index >= 15 is 0 Å². The van der Waals surface area contributed by atoms with Crippen LogP contribution in [0.15, 0.2) is 23.1 Å². The van der Waals surface area contributed by atoms with Crippen molar-refractivity contribution in [2.75, 3.05) is 12.3 Å². The Balaban J connectivity index is 1.50. The lowest BCUT2D eigenvalue weighted by atomic mass is 9.81. The van der Waals surface area contributed by atoms with Crippen LogP contribution in [0.5, 0.6) is 0 Å². The molecule has 0 atom stereocenters. The predicted molar refractivity (Wildman–Crippen MR) is 77.9 cm³/mol. The first-order chi connectivity index (χ1) is 8.81. The molecule has 18 heavy (non-hydrogen) atoms. The molecule has 0 bridgehead atoms. The Morgan fingerprint density at radius 3 is 3.06 bits per heavy atom. The van der Waals surface area contributed by atoms with E-state index in [1.165, 1.54) is 41.9 Å². The van der Waals surface area contributed by atoms with E-state index in [9.17, 15) is 0 Å². The van der Waals surface area contributed by atoms with Crippen LogP contribution in [0, 0.1) is 5.92 Å². The van der Waals surface area contributed by atoms with Gasteiger partial charge >= 0.3 is 0 Å². The Morgan fingerprint density at radius 1 is 1.33 bits per heavy atom. The largest absolute Gasteiger partial charge is 0.328 e. The summed E-state index contributed by atoms with van der Waals surface area (Å²) in [4.78, 5) is 1.50. The molecule has 1 saturated carbocycles. The summed E-state index contributed by atoms with van der Waals surface area (Å²) in [7, 11) is 0. The number of hydrogen-bond acceptors (Lipinski definition) is 3. The fourth-order valence-corrected chi connectivity index (χ4v) is 3.92. The minimum Gasteiger partial charge on any atom is -0.328 e. The highest BCUT2D eigenvalue weighted by molar-refractivity contribution is 7.99. The van der Waals surface area contributed by atoms with Crippen molar-refractivity contribution in [2.24, 2.45) is 11.7 Å². The standard InChI is InChI=1S/C15H22N2S/c16-14-7-12(8-14)10-17-9-11-3-4-15-13(6-11)2-1-5-18-15/h3-4,6,12,14,17H,1-2,5,7-10,16H2. The number of nitrogens with one attached hydrogen (secondary N) is 1. The molecule has 1 fully saturated rings. The first kappa shape index (κ1) is 12.5. The predicted octanol–water partition coefficient (Wildman–Crippen LogP) is 2.55. The number of nitrogens with two attached hydrogens (primary N) is 1. The molecule has 98 valence electrons. The molecule has 1 aromatic rings. The van der Waals surface area contributed by atoms with Gasteiger partial charge in [-0.3, -0.25) is 0 Å². The van der Waals surface area contributed by atoms with Crippen LogP contribution >= 0.6 is 11.8 Å². The quantitative estimate of drug-likeness (QED) is 0.876. The summed E-state index contributed by atoms with van der Waals surface area (Å²) < 4.78 is 0. The minimum atomic E-state index is 0.470. The molecule has 3 heteroatoms. The second kappa shape index (κ2) is 5.64. The van der Waals surface area contributed by atoms with Crippen LogP contribution in [0.4, 0.5) is 0 Å². The highest BCUT2D eigenvalue weighted by atomic mass is 32.2. The lowest BCUT2D eigenvalue weighted by Crippen LogP contribution is -2.41. The van der Waals surface area contributed by atoms with Crippen LogP contribution < -0.4 is 11.1 Å². The Morgan fingerprint density at radius 2 is 2.22 bits per heavy atom. The van der Waals surface area contributed by atoms with E-state index in [0.717, 1.165) is 19.0 Å². The first-order valence-corrected chi connectivity index (χ1v) is 8.01. The highest BCUT2D eigenvalue weighted by Crippen LogP contribution is 2.30. The van der Waals surface area contributed by atoms with Gasteiger partial charge in [0.05, 0.1) is 0 Å². The average molecular weight is 262 g/mol. The van der Waals surface area contributed by atoms with Crippen LogP contribution in [0.25, 0.3) is 0 Å². The van der Waals surface area contributed by atoms with E-state index in [4.69, 9.17) is 5.73 Å². The maximum Gasteiger partial charge on any atom is 0.0205 e. The second-order valence-electron chi connectivity index (χ2n) is 5.62. The molecule has 2 aliphatic rings. The average Bonchev–Trinajstić information content (AvgIpc) is 2.36. The molecule has 1 heterocycles. The van der Waals surface area contributed by atoms with Gasteiger partial charge < -0.3 is 11.1 Å². The highest BCUT2D eigenvalue weighted by Gasteiger charge is 2.24. The Bertz CT molecular complexity index is 413. The number of fused-ring (bicyclic) bond motifs is 1. The molecular weight excluding hydrogens is 240 g/mol. The van der Waals surface area contributed by atoms with Crippen molar-refractivity contribution in [1.29, 1.82) is 0 Å². The van der Waals surface area contributed by atoms with E-state index in [1.807, 2.05) is 11.8 Å². The first-order valence-electron chi connectivity index (χ1n) is 7.02. The van der Waals surface area contributed by atoms with Crippen molar-refractivity contribution >= 4 is 11.8 Å². The van der Waals surface area contributed by atoms with Crippen molar-refractivity contribution in [3.8, 4) is 0 Å². The molecule has 3 N–H and O–H groups in total. The summed E-state index contributed by atoms with van der Waals surface area (Å²) in [6.07, 6.45) is 4.99. The van der Waals surface area contributed by atoms with Gasteiger partial charge in [-0.2, -0.15) is 0 Å². The van der Waals surface area contributed by atoms with E-state index in [-0.39, 0.29) is 0 Å². The van der Waals surface area contributed by atoms with E-state index < -0.39 is 0 Å². The Labute approximate surface area is 114 Å². The van der Waals surface area contributed by atoms with Crippen molar-refractivity contribution < 1.29 is 0 Å². The summed E-state index contributed by atoms with van der Waals surface area (Å²) in [5.41, 5.74) is 8.78. The topological polar surface area (TPSA) is 38.0 Å². The van der Waals surface area contributed by atoms with Gasteiger partial charge in [0, 0.05) is 17.5 Å². The lowest BCUT2D eigenvalue weighted by Gasteiger charge is -2.32. The third kappa shape index (κ3) is 2.90. The van der Waals surface area contributed by atoms with E-state index in [0.29, 0.717) is 6.04 Å². The van der Waals surface area contributed by atoms with Crippen molar-refractivity contribution in [3.63, 3.8) is 0 Å². The fourth-order valence-electron chi connectivity index (χ4n) is 2.90. The molecule has 1 aliphatic heterocycles. The van der Waals surface area contributed by atoms with Crippen molar-refractivity contribution in [1.82, 2.24) is 5.32 Å². The maximum absolute atomic E-state index is 5.80. The third-order valence-corrected chi connectivity index (χ3v) is 5.21. The molecule has 0 radical (unpaired) electrons. The number of thioether (sulfide) groups is 1. The Kier molecular flexibility index (Phi) is 3.92. The maximum atomic E-state index is 5.80. The van der Waals surface area contributed by atoms with E-state index in [2.05, 4.69) is 23.5 Å². The summed E-state index contributed by atoms with van der Waals surface area (Å²) in [5.74, 6) is 2.10. The van der Waals surface area contributed by atoms with Gasteiger partial charge in [-0.05, 0) is 61.1 Å². The Hall–Kier alpha value is -0.510. The second-order valence-corrected chi connectivity index (χ2v) is 6.76. The van der Waals surface area contributed by atoms with Crippen molar-refractivity contribution in [2.45, 2.75) is 43.2 Å². The number of benzene rings is 1. The summed E-state index contributed by atoms with van der Waals surface area (Å²) in [6, 6.07) is 7.44. The van der Waals surface area contributed by atoms with Crippen LogP contribution in [0.2, 0.25) is 0 Å². The van der Waals surface area contributed by atoms with Gasteiger partial charge in [0.15, 0.2) is 0 Å². The number of hydrogen-bond donors (Lipinski definition) is 2. The monoisotopic (exact) mass is 262 g/mol. The van der Waals surface area contributed by atoms with Gasteiger partial charge in [-0.15, -0.1) is 11.8 Å². The van der Waals surface area contributed by atoms with Crippen LogP contribution in [0.1, 0.15) is 30.4 Å². The third-order valence-electron chi connectivity index (χ3n) is 4.01. The molecule has 0 unspecified atom stereocenters. The fraction of sp³-hybridized carbons (Fsp3) is 0.600. The number of aryl methyl sites for hydroxylation is 1. The summed E-state index contributed by atoms with van der Waals surface area (Å²) in [5, 5.41) is 3.57. The molecule has 3 rings (SSSR count).